The van der Waals surface area contributed by atoms with Crippen LogP contribution in [0.3, 0.4) is 0 Å². The van der Waals surface area contributed by atoms with Crippen molar-refractivity contribution in [3.05, 3.63) is 0 Å². The highest BCUT2D eigenvalue weighted by Crippen LogP contribution is 2.70. The van der Waals surface area contributed by atoms with Crippen LogP contribution in [-0.4, -0.2) is 22.4 Å². The Labute approximate surface area is 147 Å². The van der Waals surface area contributed by atoms with Gasteiger partial charge < -0.3 is 10.2 Å². The quantitative estimate of drug-likeness (QED) is 0.684. The molecule has 5 fully saturated rings. The summed E-state index contributed by atoms with van der Waals surface area (Å²) in [7, 11) is 0. The second-order valence-corrected chi connectivity index (χ2v) is 10.5. The number of rotatable bonds is 0. The normalized spacial score (nSPS) is 59.9. The Hall–Kier alpha value is -0.0800. The molecule has 9 atom stereocenters. The van der Waals surface area contributed by atoms with Crippen LogP contribution in [0.25, 0.3) is 0 Å². The van der Waals surface area contributed by atoms with E-state index in [1.807, 2.05) is 0 Å². The van der Waals surface area contributed by atoms with Gasteiger partial charge in [0.2, 0.25) is 0 Å². The Balaban J connectivity index is 1.45. The molecule has 0 aromatic carbocycles. The lowest BCUT2D eigenvalue weighted by Crippen LogP contribution is -2.55. The SMILES string of the molecule is C[C@]12CC[C@@H](O)C[C@@H]1CCC1C3CC[C@@H]4[C@@H](O)CCC[C@]34CCC12. The fourth-order valence-electron chi connectivity index (χ4n) is 9.00. The standard InChI is InChI=1S/C22H36O2/c1-21-11-8-15(23)13-14(21)4-5-16-17(21)9-12-22-10-2-3-20(24)19(22)7-6-18(16)22/h14-20,23-24H,2-13H2,1H3/t14-,15+,16?,17?,18?,19+,20-,21-,22-/m0/s1. The second kappa shape index (κ2) is 5.46. The molecule has 136 valence electrons. The maximum atomic E-state index is 10.6. The van der Waals surface area contributed by atoms with Crippen molar-refractivity contribution in [1.82, 2.24) is 0 Å². The summed E-state index contributed by atoms with van der Waals surface area (Å²) in [6.07, 6.45) is 15.3. The largest absolute Gasteiger partial charge is 0.393 e. The van der Waals surface area contributed by atoms with Gasteiger partial charge in [-0.1, -0.05) is 13.3 Å². The Morgan fingerprint density at radius 2 is 1.58 bits per heavy atom. The summed E-state index contributed by atoms with van der Waals surface area (Å²) >= 11 is 0. The summed E-state index contributed by atoms with van der Waals surface area (Å²) in [6, 6.07) is 0. The van der Waals surface area contributed by atoms with Crippen molar-refractivity contribution in [2.75, 3.05) is 0 Å². The van der Waals surface area contributed by atoms with Gasteiger partial charge in [0.1, 0.15) is 0 Å². The molecule has 5 aliphatic carbocycles. The van der Waals surface area contributed by atoms with E-state index in [9.17, 15) is 10.2 Å². The van der Waals surface area contributed by atoms with Crippen LogP contribution in [0.1, 0.15) is 84.0 Å². The van der Waals surface area contributed by atoms with E-state index in [0.29, 0.717) is 16.7 Å². The Morgan fingerprint density at radius 1 is 0.750 bits per heavy atom. The van der Waals surface area contributed by atoms with Crippen molar-refractivity contribution in [1.29, 1.82) is 0 Å². The molecule has 1 spiro atoms. The summed E-state index contributed by atoms with van der Waals surface area (Å²) in [4.78, 5) is 0. The van der Waals surface area contributed by atoms with E-state index in [2.05, 4.69) is 6.92 Å². The van der Waals surface area contributed by atoms with Gasteiger partial charge in [-0.3, -0.25) is 0 Å². The Morgan fingerprint density at radius 3 is 2.46 bits per heavy atom. The summed E-state index contributed by atoms with van der Waals surface area (Å²) in [5.41, 5.74) is 1.01. The van der Waals surface area contributed by atoms with Crippen LogP contribution >= 0.6 is 0 Å². The lowest BCUT2D eigenvalue weighted by molar-refractivity contribution is -0.147. The van der Waals surface area contributed by atoms with Gasteiger partial charge in [0, 0.05) is 0 Å². The van der Waals surface area contributed by atoms with E-state index in [0.717, 1.165) is 42.9 Å². The second-order valence-electron chi connectivity index (χ2n) is 10.5. The van der Waals surface area contributed by atoms with Gasteiger partial charge in [-0.2, -0.15) is 0 Å². The van der Waals surface area contributed by atoms with Crippen molar-refractivity contribution in [3.8, 4) is 0 Å². The Bertz CT molecular complexity index is 504. The molecule has 24 heavy (non-hydrogen) atoms. The van der Waals surface area contributed by atoms with Crippen LogP contribution in [0, 0.1) is 40.4 Å². The average molecular weight is 333 g/mol. The molecular weight excluding hydrogens is 296 g/mol. The van der Waals surface area contributed by atoms with Crippen LogP contribution in [-0.2, 0) is 0 Å². The zero-order valence-corrected chi connectivity index (χ0v) is 15.4. The molecular formula is C22H36O2. The molecule has 2 heteroatoms. The first kappa shape index (κ1) is 16.1. The Kier molecular flexibility index (Phi) is 3.67. The molecule has 2 nitrogen and oxygen atoms in total. The first-order valence-corrected chi connectivity index (χ1v) is 10.9. The number of hydrogen-bond acceptors (Lipinski definition) is 2. The van der Waals surface area contributed by atoms with Gasteiger partial charge in [0.25, 0.3) is 0 Å². The summed E-state index contributed by atoms with van der Waals surface area (Å²) in [6.45, 7) is 2.58. The molecule has 5 aliphatic rings. The first-order valence-electron chi connectivity index (χ1n) is 10.9. The van der Waals surface area contributed by atoms with Crippen LogP contribution in [0.2, 0.25) is 0 Å². The summed E-state index contributed by atoms with van der Waals surface area (Å²) in [5, 5.41) is 20.8. The zero-order valence-electron chi connectivity index (χ0n) is 15.4. The maximum Gasteiger partial charge on any atom is 0.0573 e. The van der Waals surface area contributed by atoms with Gasteiger partial charge >= 0.3 is 0 Å². The number of hydrogen-bond donors (Lipinski definition) is 2. The van der Waals surface area contributed by atoms with Gasteiger partial charge in [-0.25, -0.2) is 0 Å². The van der Waals surface area contributed by atoms with Crippen molar-refractivity contribution in [2.45, 2.75) is 96.2 Å². The fraction of sp³-hybridized carbons (Fsp3) is 1.00. The molecule has 0 radical (unpaired) electrons. The van der Waals surface area contributed by atoms with E-state index in [1.54, 1.807) is 0 Å². The minimum absolute atomic E-state index is 0.00273. The number of fused-ring (bicyclic) bond motifs is 4. The minimum atomic E-state index is -0.0288. The summed E-state index contributed by atoms with van der Waals surface area (Å²) < 4.78 is 0. The zero-order chi connectivity index (χ0) is 16.5. The maximum absolute atomic E-state index is 10.6. The third-order valence-corrected chi connectivity index (χ3v) is 10.0. The monoisotopic (exact) mass is 332 g/mol. The van der Waals surface area contributed by atoms with E-state index in [4.69, 9.17) is 0 Å². The van der Waals surface area contributed by atoms with E-state index in [1.165, 1.54) is 57.8 Å². The molecule has 0 bridgehead atoms. The van der Waals surface area contributed by atoms with Crippen LogP contribution in [0.4, 0.5) is 0 Å². The molecule has 0 aromatic heterocycles. The van der Waals surface area contributed by atoms with Crippen LogP contribution in [0.15, 0.2) is 0 Å². The lowest BCUT2D eigenvalue weighted by atomic mass is 9.43. The molecule has 5 rings (SSSR count). The molecule has 3 unspecified atom stereocenters. The first-order chi connectivity index (χ1) is 11.5. The molecule has 0 aromatic rings. The van der Waals surface area contributed by atoms with Crippen LogP contribution in [0.5, 0.6) is 0 Å². The third-order valence-electron chi connectivity index (χ3n) is 10.0. The predicted molar refractivity (Wildman–Crippen MR) is 95.4 cm³/mol. The predicted octanol–water partition coefficient (Wildman–Crippen LogP) is 4.53. The van der Waals surface area contributed by atoms with Crippen LogP contribution < -0.4 is 0 Å². The van der Waals surface area contributed by atoms with Crippen molar-refractivity contribution in [3.63, 3.8) is 0 Å². The molecule has 0 heterocycles. The fourth-order valence-corrected chi connectivity index (χ4v) is 9.00. The van der Waals surface area contributed by atoms with Gasteiger partial charge in [0.15, 0.2) is 0 Å². The van der Waals surface area contributed by atoms with Crippen molar-refractivity contribution in [2.24, 2.45) is 40.4 Å². The third kappa shape index (κ3) is 2.02. The molecule has 0 aliphatic heterocycles. The molecule has 0 amide bonds. The topological polar surface area (TPSA) is 40.5 Å². The smallest absolute Gasteiger partial charge is 0.0573 e. The van der Waals surface area contributed by atoms with E-state index >= 15 is 0 Å². The number of aliphatic hydroxyl groups is 2. The van der Waals surface area contributed by atoms with Gasteiger partial charge in [0.05, 0.1) is 12.2 Å². The average Bonchev–Trinajstić information content (AvgIpc) is 2.96. The highest BCUT2D eigenvalue weighted by Gasteiger charge is 2.62. The molecule has 0 saturated heterocycles. The van der Waals surface area contributed by atoms with E-state index < -0.39 is 0 Å². The minimum Gasteiger partial charge on any atom is -0.393 e. The van der Waals surface area contributed by atoms with Crippen molar-refractivity contribution < 1.29 is 10.2 Å². The summed E-state index contributed by atoms with van der Waals surface area (Å²) in [5.74, 6) is 4.12. The highest BCUT2D eigenvalue weighted by molar-refractivity contribution is 5.12. The number of aliphatic hydroxyl groups excluding tert-OH is 2. The van der Waals surface area contributed by atoms with E-state index in [-0.39, 0.29) is 12.2 Å². The van der Waals surface area contributed by atoms with Gasteiger partial charge in [-0.05, 0) is 111 Å². The van der Waals surface area contributed by atoms with Gasteiger partial charge in [-0.15, -0.1) is 0 Å². The molecule has 2 N–H and O–H groups in total. The lowest BCUT2D eigenvalue weighted by Gasteiger charge is -2.62. The highest BCUT2D eigenvalue weighted by atomic mass is 16.3. The van der Waals surface area contributed by atoms with Crippen molar-refractivity contribution >= 4 is 0 Å². The molecule has 5 saturated carbocycles.